The van der Waals surface area contributed by atoms with Gasteiger partial charge < -0.3 is 10.7 Å². The second-order valence-corrected chi connectivity index (χ2v) is 2.39. The van der Waals surface area contributed by atoms with Crippen molar-refractivity contribution in [3.8, 4) is 0 Å². The van der Waals surface area contributed by atoms with Crippen LogP contribution in [0.15, 0.2) is 42.6 Å². The van der Waals surface area contributed by atoms with Crippen molar-refractivity contribution in [3.63, 3.8) is 0 Å². The van der Waals surface area contributed by atoms with Crippen molar-refractivity contribution < 1.29 is 10.2 Å². The molecule has 0 fully saturated rings. The van der Waals surface area contributed by atoms with Crippen LogP contribution in [0.4, 0.5) is 0 Å². The van der Waals surface area contributed by atoms with Gasteiger partial charge in [0.05, 0.1) is 0 Å². The topological polar surface area (TPSA) is 58.4 Å². The van der Waals surface area contributed by atoms with Crippen LogP contribution in [0.5, 0.6) is 0 Å². The summed E-state index contributed by atoms with van der Waals surface area (Å²) in [7, 11) is 0. The quantitative estimate of drug-likeness (QED) is 0.415. The van der Waals surface area contributed by atoms with Gasteiger partial charge >= 0.3 is 0 Å². The van der Waals surface area contributed by atoms with Gasteiger partial charge in [-0.1, -0.05) is 12.1 Å². The highest BCUT2D eigenvalue weighted by atomic mass is 16.5. The van der Waals surface area contributed by atoms with Gasteiger partial charge in [0.1, 0.15) is 0 Å². The molecule has 0 saturated heterocycles. The Morgan fingerprint density at radius 2 is 1.67 bits per heavy atom. The number of nitrogens with zero attached hydrogens (tertiary/aromatic N) is 1. The van der Waals surface area contributed by atoms with Crippen LogP contribution in [-0.2, 0) is 0 Å². The second kappa shape index (κ2) is 3.19. The van der Waals surface area contributed by atoms with Crippen molar-refractivity contribution in [2.45, 2.75) is 0 Å². The van der Waals surface area contributed by atoms with E-state index in [0.717, 1.165) is 15.6 Å². The lowest BCUT2D eigenvalue weighted by molar-refractivity contribution is -0.577. The third-order valence-corrected chi connectivity index (χ3v) is 1.67. The Labute approximate surface area is 69.8 Å². The maximum Gasteiger partial charge on any atom is 0.223 e. The van der Waals surface area contributed by atoms with Crippen LogP contribution in [-0.4, -0.2) is 5.48 Å². The van der Waals surface area contributed by atoms with Crippen LogP contribution in [0, 0.1) is 5.21 Å². The summed E-state index contributed by atoms with van der Waals surface area (Å²) in [5.74, 6) is 0. The largest absolute Gasteiger partial charge is 0.618 e. The Balaban J connectivity index is 0.000000720. The van der Waals surface area contributed by atoms with E-state index in [9.17, 15) is 5.21 Å². The first-order valence-corrected chi connectivity index (χ1v) is 3.45. The molecule has 1 aromatic heterocycles. The van der Waals surface area contributed by atoms with Gasteiger partial charge in [-0.2, -0.15) is 4.73 Å². The smallest absolute Gasteiger partial charge is 0.223 e. The zero-order valence-electron chi connectivity index (χ0n) is 6.40. The fourth-order valence-electron chi connectivity index (χ4n) is 1.13. The summed E-state index contributed by atoms with van der Waals surface area (Å²) in [4.78, 5) is 0. The molecule has 0 aliphatic carbocycles. The first-order chi connectivity index (χ1) is 5.38. The number of benzene rings is 1. The number of fused-ring (bicyclic) bond motifs is 1. The van der Waals surface area contributed by atoms with Gasteiger partial charge in [0.25, 0.3) is 0 Å². The van der Waals surface area contributed by atoms with Crippen LogP contribution in [0.1, 0.15) is 0 Å². The lowest BCUT2D eigenvalue weighted by atomic mass is 10.2. The first-order valence-electron chi connectivity index (χ1n) is 3.45. The fraction of sp³-hybridized carbons (Fsp3) is 0. The van der Waals surface area contributed by atoms with E-state index in [2.05, 4.69) is 0 Å². The van der Waals surface area contributed by atoms with Crippen molar-refractivity contribution in [2.24, 2.45) is 0 Å². The molecule has 2 aromatic rings. The van der Waals surface area contributed by atoms with Crippen molar-refractivity contribution >= 4 is 10.9 Å². The van der Waals surface area contributed by atoms with Crippen molar-refractivity contribution in [1.29, 1.82) is 0 Å². The molecular formula is C9H9NO2. The molecule has 1 aromatic carbocycles. The molecule has 2 N–H and O–H groups in total. The van der Waals surface area contributed by atoms with E-state index in [0.29, 0.717) is 0 Å². The fourth-order valence-corrected chi connectivity index (χ4v) is 1.13. The number of pyridine rings is 1. The molecule has 0 aliphatic rings. The van der Waals surface area contributed by atoms with E-state index in [1.54, 1.807) is 6.07 Å². The first kappa shape index (κ1) is 8.49. The van der Waals surface area contributed by atoms with Gasteiger partial charge in [-0.05, 0) is 12.1 Å². The van der Waals surface area contributed by atoms with E-state index < -0.39 is 0 Å². The van der Waals surface area contributed by atoms with Crippen molar-refractivity contribution in [2.75, 3.05) is 0 Å². The number of hydrogen-bond donors (Lipinski definition) is 0. The molecule has 2 rings (SSSR count). The summed E-state index contributed by atoms with van der Waals surface area (Å²) in [6.45, 7) is 0. The molecule has 0 atom stereocenters. The molecule has 0 bridgehead atoms. The van der Waals surface area contributed by atoms with Crippen molar-refractivity contribution in [1.82, 2.24) is 0 Å². The van der Waals surface area contributed by atoms with Gasteiger partial charge in [0.2, 0.25) is 5.52 Å². The highest BCUT2D eigenvalue weighted by molar-refractivity contribution is 5.74. The number of rotatable bonds is 0. The van der Waals surface area contributed by atoms with Crippen LogP contribution in [0.2, 0.25) is 0 Å². The number of para-hydroxylation sites is 1. The van der Waals surface area contributed by atoms with E-state index in [1.165, 1.54) is 6.20 Å². The Hall–Kier alpha value is -1.61. The van der Waals surface area contributed by atoms with Crippen LogP contribution in [0.3, 0.4) is 0 Å². The molecule has 62 valence electrons. The minimum Gasteiger partial charge on any atom is -0.618 e. The molecule has 0 amide bonds. The van der Waals surface area contributed by atoms with Gasteiger partial charge in [-0.15, -0.1) is 0 Å². The number of aromatic nitrogens is 1. The third-order valence-electron chi connectivity index (χ3n) is 1.67. The minimum atomic E-state index is 0. The van der Waals surface area contributed by atoms with Crippen molar-refractivity contribution in [3.05, 3.63) is 47.8 Å². The Bertz CT molecular complexity index is 382. The Morgan fingerprint density at radius 1 is 1.00 bits per heavy atom. The summed E-state index contributed by atoms with van der Waals surface area (Å²) in [6, 6.07) is 11.2. The summed E-state index contributed by atoms with van der Waals surface area (Å²) < 4.78 is 0.870. The van der Waals surface area contributed by atoms with E-state index in [1.807, 2.05) is 30.3 Å². The molecule has 0 aliphatic heterocycles. The number of hydrogen-bond acceptors (Lipinski definition) is 1. The molecule has 0 spiro atoms. The summed E-state index contributed by atoms with van der Waals surface area (Å²) in [5, 5.41) is 12.1. The van der Waals surface area contributed by atoms with Gasteiger partial charge in [-0.3, -0.25) is 0 Å². The zero-order chi connectivity index (χ0) is 7.68. The normalized spacial score (nSPS) is 9.33. The molecule has 0 saturated carbocycles. The van der Waals surface area contributed by atoms with Gasteiger partial charge in [-0.25, -0.2) is 0 Å². The molecule has 0 radical (unpaired) electrons. The SMILES string of the molecule is O.[O-][n+]1cccc2ccccc21. The highest BCUT2D eigenvalue weighted by Crippen LogP contribution is 2.06. The Morgan fingerprint density at radius 3 is 2.42 bits per heavy atom. The summed E-state index contributed by atoms with van der Waals surface area (Å²) >= 11 is 0. The zero-order valence-corrected chi connectivity index (χ0v) is 6.40. The predicted molar refractivity (Wildman–Crippen MR) is 46.5 cm³/mol. The molecular weight excluding hydrogens is 154 g/mol. The van der Waals surface area contributed by atoms with E-state index in [-0.39, 0.29) is 5.48 Å². The average molecular weight is 163 g/mol. The van der Waals surface area contributed by atoms with Crippen LogP contribution >= 0.6 is 0 Å². The highest BCUT2D eigenvalue weighted by Gasteiger charge is 1.97. The lowest BCUT2D eigenvalue weighted by Gasteiger charge is -1.98. The summed E-state index contributed by atoms with van der Waals surface area (Å²) in [5.41, 5.74) is 0.718. The Kier molecular flexibility index (Phi) is 2.26. The van der Waals surface area contributed by atoms with Gasteiger partial charge in [0, 0.05) is 17.5 Å². The monoisotopic (exact) mass is 163 g/mol. The van der Waals surface area contributed by atoms with E-state index >= 15 is 0 Å². The minimum absolute atomic E-state index is 0. The molecule has 3 heteroatoms. The molecule has 3 nitrogen and oxygen atoms in total. The average Bonchev–Trinajstić information content (AvgIpc) is 2.06. The maximum atomic E-state index is 11.1. The molecule has 12 heavy (non-hydrogen) atoms. The standard InChI is InChI=1S/C9H7NO.H2O/c11-10-7-3-5-8-4-1-2-6-9(8)10;/h1-7H;1H2. The maximum absolute atomic E-state index is 11.1. The lowest BCUT2D eigenvalue weighted by Crippen LogP contribution is -2.25. The van der Waals surface area contributed by atoms with Gasteiger partial charge in [0.15, 0.2) is 6.20 Å². The van der Waals surface area contributed by atoms with E-state index in [4.69, 9.17) is 0 Å². The summed E-state index contributed by atoms with van der Waals surface area (Å²) in [6.07, 6.45) is 1.50. The third kappa shape index (κ3) is 1.22. The molecule has 1 heterocycles. The second-order valence-electron chi connectivity index (χ2n) is 2.39. The van der Waals surface area contributed by atoms with Crippen LogP contribution < -0.4 is 4.73 Å². The van der Waals surface area contributed by atoms with Crippen LogP contribution in [0.25, 0.3) is 10.9 Å². The molecule has 0 unspecified atom stereocenters. The predicted octanol–water partition coefficient (Wildman–Crippen LogP) is 0.648.